The van der Waals surface area contributed by atoms with E-state index in [4.69, 9.17) is 9.26 Å². The number of hydrogen-bond donors (Lipinski definition) is 1. The Hall–Kier alpha value is -3.08. The summed E-state index contributed by atoms with van der Waals surface area (Å²) in [6.07, 6.45) is 4.73. The monoisotopic (exact) mass is 390 g/mol. The van der Waals surface area contributed by atoms with Crippen LogP contribution in [-0.4, -0.2) is 24.2 Å². The van der Waals surface area contributed by atoms with E-state index < -0.39 is 0 Å². The highest BCUT2D eigenvalue weighted by molar-refractivity contribution is 5.93. The van der Waals surface area contributed by atoms with E-state index in [-0.39, 0.29) is 11.6 Å². The van der Waals surface area contributed by atoms with Crippen molar-refractivity contribution in [1.29, 1.82) is 0 Å². The summed E-state index contributed by atoms with van der Waals surface area (Å²) < 4.78 is 11.2. The summed E-state index contributed by atoms with van der Waals surface area (Å²) in [6, 6.07) is 14.0. The summed E-state index contributed by atoms with van der Waals surface area (Å²) in [5, 5.41) is 6.77. The zero-order chi connectivity index (χ0) is 20.2. The van der Waals surface area contributed by atoms with Crippen LogP contribution in [0.1, 0.15) is 45.6 Å². The second kappa shape index (κ2) is 8.52. The van der Waals surface area contributed by atoms with Crippen molar-refractivity contribution in [2.24, 2.45) is 0 Å². The Bertz CT molecular complexity index is 1020. The van der Waals surface area contributed by atoms with Crippen molar-refractivity contribution >= 4 is 5.91 Å². The summed E-state index contributed by atoms with van der Waals surface area (Å²) in [5.74, 6) is 1.20. The Kier molecular flexibility index (Phi) is 5.65. The van der Waals surface area contributed by atoms with Crippen molar-refractivity contribution in [2.45, 2.75) is 39.5 Å². The average molecular weight is 390 g/mol. The van der Waals surface area contributed by atoms with Crippen LogP contribution in [0.2, 0.25) is 0 Å². The molecule has 0 spiro atoms. The molecular weight excluding hydrogens is 364 g/mol. The fraction of sp³-hybridized carbons (Fsp3) is 0.333. The summed E-state index contributed by atoms with van der Waals surface area (Å²) in [5.41, 5.74) is 6.34. The summed E-state index contributed by atoms with van der Waals surface area (Å²) in [4.78, 5) is 12.4. The first-order valence-corrected chi connectivity index (χ1v) is 10.2. The van der Waals surface area contributed by atoms with Crippen molar-refractivity contribution < 1.29 is 14.1 Å². The normalized spacial score (nSPS) is 13.0. The van der Waals surface area contributed by atoms with Gasteiger partial charge in [0.05, 0.1) is 6.54 Å². The number of carbonyl (C=O) groups is 1. The number of hydrogen-bond acceptors (Lipinski definition) is 4. The molecule has 0 bridgehead atoms. The van der Waals surface area contributed by atoms with Crippen molar-refractivity contribution in [3.8, 4) is 17.1 Å². The fourth-order valence-electron chi connectivity index (χ4n) is 3.70. The molecule has 0 saturated carbocycles. The van der Waals surface area contributed by atoms with Crippen LogP contribution in [0.25, 0.3) is 11.3 Å². The molecule has 0 radical (unpaired) electrons. The molecule has 5 nitrogen and oxygen atoms in total. The number of aryl methyl sites for hydroxylation is 3. The van der Waals surface area contributed by atoms with Crippen molar-refractivity contribution in [3.63, 3.8) is 0 Å². The number of rotatable bonds is 6. The van der Waals surface area contributed by atoms with Gasteiger partial charge in [0.15, 0.2) is 11.5 Å². The van der Waals surface area contributed by atoms with Gasteiger partial charge in [0, 0.05) is 11.6 Å². The SMILES string of the molecule is Cc1cccc(OCCNC(=O)c2cc(-c3ccc4c(c3)CCCC4)on2)c1C. The summed E-state index contributed by atoms with van der Waals surface area (Å²) in [7, 11) is 0. The number of ether oxygens (including phenoxy) is 1. The van der Waals surface area contributed by atoms with E-state index in [0.717, 1.165) is 29.7 Å². The zero-order valence-electron chi connectivity index (χ0n) is 17.0. The van der Waals surface area contributed by atoms with Gasteiger partial charge in [0.1, 0.15) is 12.4 Å². The van der Waals surface area contributed by atoms with Gasteiger partial charge in [-0.15, -0.1) is 0 Å². The average Bonchev–Trinajstić information content (AvgIpc) is 3.24. The van der Waals surface area contributed by atoms with E-state index >= 15 is 0 Å². The molecule has 0 saturated heterocycles. The third-order valence-electron chi connectivity index (χ3n) is 5.58. The van der Waals surface area contributed by atoms with E-state index in [2.05, 4.69) is 35.6 Å². The fourth-order valence-corrected chi connectivity index (χ4v) is 3.70. The van der Waals surface area contributed by atoms with Crippen LogP contribution in [0.5, 0.6) is 5.75 Å². The first-order valence-electron chi connectivity index (χ1n) is 10.2. The molecule has 1 N–H and O–H groups in total. The first-order chi connectivity index (χ1) is 14.1. The summed E-state index contributed by atoms with van der Waals surface area (Å²) in [6.45, 7) is 4.87. The van der Waals surface area contributed by atoms with Crippen molar-refractivity contribution in [3.05, 3.63) is 70.4 Å². The lowest BCUT2D eigenvalue weighted by Gasteiger charge is -2.15. The Morgan fingerprint density at radius 1 is 1.10 bits per heavy atom. The van der Waals surface area contributed by atoms with Gasteiger partial charge in [0.2, 0.25) is 0 Å². The number of nitrogens with zero attached hydrogens (tertiary/aromatic N) is 1. The van der Waals surface area contributed by atoms with Crippen molar-refractivity contribution in [2.75, 3.05) is 13.2 Å². The molecule has 5 heteroatoms. The molecular formula is C24H26N2O3. The number of amides is 1. The molecule has 0 fully saturated rings. The van der Waals surface area contributed by atoms with E-state index in [0.29, 0.717) is 18.9 Å². The second-order valence-corrected chi connectivity index (χ2v) is 7.57. The third-order valence-corrected chi connectivity index (χ3v) is 5.58. The lowest BCUT2D eigenvalue weighted by molar-refractivity contribution is 0.0938. The number of carbonyl (C=O) groups excluding carboxylic acids is 1. The minimum Gasteiger partial charge on any atom is -0.491 e. The first kappa shape index (κ1) is 19.2. The largest absolute Gasteiger partial charge is 0.491 e. The molecule has 2 aromatic carbocycles. The molecule has 4 rings (SSSR count). The molecule has 0 atom stereocenters. The molecule has 1 amide bonds. The van der Waals surface area contributed by atoms with Gasteiger partial charge in [-0.25, -0.2) is 0 Å². The Morgan fingerprint density at radius 3 is 2.79 bits per heavy atom. The molecule has 3 aromatic rings. The van der Waals surface area contributed by atoms with Crippen LogP contribution in [-0.2, 0) is 12.8 Å². The van der Waals surface area contributed by atoms with Gasteiger partial charge in [-0.2, -0.15) is 0 Å². The third kappa shape index (κ3) is 4.34. The second-order valence-electron chi connectivity index (χ2n) is 7.57. The van der Waals surface area contributed by atoms with Gasteiger partial charge < -0.3 is 14.6 Å². The maximum absolute atomic E-state index is 12.4. The Labute approximate surface area is 171 Å². The van der Waals surface area contributed by atoms with E-state index in [9.17, 15) is 4.79 Å². The minimum absolute atomic E-state index is 0.262. The molecule has 0 unspecified atom stereocenters. The minimum atomic E-state index is -0.262. The molecule has 0 aliphatic heterocycles. The quantitative estimate of drug-likeness (QED) is 0.623. The number of aromatic nitrogens is 1. The Balaban J connectivity index is 1.33. The van der Waals surface area contributed by atoms with Gasteiger partial charge in [-0.05, 0) is 73.9 Å². The highest BCUT2D eigenvalue weighted by Gasteiger charge is 2.16. The van der Waals surface area contributed by atoms with E-state index in [1.807, 2.05) is 25.1 Å². The van der Waals surface area contributed by atoms with Crippen LogP contribution in [0.3, 0.4) is 0 Å². The van der Waals surface area contributed by atoms with Crippen LogP contribution >= 0.6 is 0 Å². The highest BCUT2D eigenvalue weighted by atomic mass is 16.5. The topological polar surface area (TPSA) is 64.4 Å². The molecule has 29 heavy (non-hydrogen) atoms. The molecule has 1 aromatic heterocycles. The van der Waals surface area contributed by atoms with E-state index in [1.54, 1.807) is 6.07 Å². The van der Waals surface area contributed by atoms with Crippen LogP contribution < -0.4 is 10.1 Å². The molecule has 1 aliphatic rings. The van der Waals surface area contributed by atoms with Gasteiger partial charge >= 0.3 is 0 Å². The Morgan fingerprint density at radius 2 is 1.93 bits per heavy atom. The predicted molar refractivity (Wildman–Crippen MR) is 112 cm³/mol. The van der Waals surface area contributed by atoms with E-state index in [1.165, 1.54) is 29.5 Å². The molecule has 1 aliphatic carbocycles. The molecule has 1 heterocycles. The lowest BCUT2D eigenvalue weighted by atomic mass is 9.90. The molecule has 150 valence electrons. The number of benzene rings is 2. The van der Waals surface area contributed by atoms with Gasteiger partial charge in [0.25, 0.3) is 5.91 Å². The van der Waals surface area contributed by atoms with Crippen LogP contribution in [0, 0.1) is 13.8 Å². The standard InChI is InChI=1S/C24H26N2O3/c1-16-6-5-9-22(17(16)2)28-13-12-25-24(27)21-15-23(29-26-21)20-11-10-18-7-3-4-8-19(18)14-20/h5-6,9-11,14-15H,3-4,7-8,12-13H2,1-2H3,(H,25,27). The van der Waals surface area contributed by atoms with Gasteiger partial charge in [-0.3, -0.25) is 4.79 Å². The zero-order valence-corrected chi connectivity index (χ0v) is 17.0. The smallest absolute Gasteiger partial charge is 0.273 e. The number of fused-ring (bicyclic) bond motifs is 1. The maximum atomic E-state index is 12.4. The predicted octanol–water partition coefficient (Wildman–Crippen LogP) is 4.65. The van der Waals surface area contributed by atoms with Gasteiger partial charge in [-0.1, -0.05) is 29.4 Å². The van der Waals surface area contributed by atoms with Crippen LogP contribution in [0.4, 0.5) is 0 Å². The van der Waals surface area contributed by atoms with Crippen molar-refractivity contribution in [1.82, 2.24) is 10.5 Å². The number of nitrogens with one attached hydrogen (secondary N) is 1. The van der Waals surface area contributed by atoms with Crippen LogP contribution in [0.15, 0.2) is 47.0 Å². The lowest BCUT2D eigenvalue weighted by Crippen LogP contribution is -2.28. The highest BCUT2D eigenvalue weighted by Crippen LogP contribution is 2.28. The maximum Gasteiger partial charge on any atom is 0.273 e. The summed E-state index contributed by atoms with van der Waals surface area (Å²) >= 11 is 0.